The van der Waals surface area contributed by atoms with Crippen LogP contribution >= 0.6 is 0 Å². The van der Waals surface area contributed by atoms with Crippen LogP contribution in [0.3, 0.4) is 0 Å². The molecule has 0 saturated carbocycles. The van der Waals surface area contributed by atoms with Gasteiger partial charge in [0.2, 0.25) is 0 Å². The van der Waals surface area contributed by atoms with E-state index in [9.17, 15) is 24.9 Å². The molecule has 0 aliphatic rings. The molecule has 0 aliphatic carbocycles. The van der Waals surface area contributed by atoms with Crippen LogP contribution in [0.15, 0.2) is 38.6 Å². The van der Waals surface area contributed by atoms with Crippen molar-refractivity contribution in [3.05, 3.63) is 56.5 Å². The van der Waals surface area contributed by atoms with Crippen LogP contribution in [0, 0.1) is 5.92 Å². The summed E-state index contributed by atoms with van der Waals surface area (Å²) in [5, 5.41) is 32.8. The van der Waals surface area contributed by atoms with Gasteiger partial charge < -0.3 is 19.7 Å². The number of aromatic hydroxyl groups is 2. The lowest BCUT2D eigenvalue weighted by atomic mass is 9.89. The fraction of sp³-hybridized carbons (Fsp3) is 0.481. The van der Waals surface area contributed by atoms with E-state index in [1.165, 1.54) is 5.57 Å². The summed E-state index contributed by atoms with van der Waals surface area (Å²) in [7, 11) is 0. The molecule has 1 aromatic heterocycles. The first-order chi connectivity index (χ1) is 15.5. The van der Waals surface area contributed by atoms with E-state index in [0.29, 0.717) is 12.8 Å². The number of carbonyl (C=O) groups is 1. The number of allylic oxidation sites excluding steroid dienone is 4. The number of phenols is 2. The topological polar surface area (TPSA) is 108 Å². The number of aliphatic hydroxyl groups excluding tert-OH is 1. The molecule has 0 unspecified atom stereocenters. The number of Topliss-reactive ketones (excluding diaryl/α,β-unsaturated/α-hetero) is 1. The van der Waals surface area contributed by atoms with Crippen molar-refractivity contribution >= 4 is 16.8 Å². The molecule has 2 aromatic rings. The first kappa shape index (κ1) is 26.4. The highest BCUT2D eigenvalue weighted by Crippen LogP contribution is 2.44. The average molecular weight is 457 g/mol. The summed E-state index contributed by atoms with van der Waals surface area (Å²) in [5.41, 5.74) is 1.62. The van der Waals surface area contributed by atoms with E-state index in [1.807, 2.05) is 33.8 Å². The third kappa shape index (κ3) is 5.93. The molecule has 180 valence electrons. The Morgan fingerprint density at radius 1 is 1.09 bits per heavy atom. The summed E-state index contributed by atoms with van der Waals surface area (Å²) < 4.78 is 5.33. The number of aliphatic hydroxyl groups is 1. The predicted octanol–water partition coefficient (Wildman–Crippen LogP) is 6.11. The van der Waals surface area contributed by atoms with E-state index in [4.69, 9.17) is 4.42 Å². The van der Waals surface area contributed by atoms with Crippen LogP contribution in [0.2, 0.25) is 0 Å². The van der Waals surface area contributed by atoms with Crippen LogP contribution in [0.5, 0.6) is 11.5 Å². The average Bonchev–Trinajstić information content (AvgIpc) is 2.76. The van der Waals surface area contributed by atoms with Gasteiger partial charge in [-0.15, -0.1) is 0 Å². The summed E-state index contributed by atoms with van der Waals surface area (Å²) in [4.78, 5) is 25.4. The van der Waals surface area contributed by atoms with Gasteiger partial charge in [-0.05, 0) is 52.9 Å². The van der Waals surface area contributed by atoms with Gasteiger partial charge in [-0.25, -0.2) is 4.79 Å². The molecule has 33 heavy (non-hydrogen) atoms. The van der Waals surface area contributed by atoms with E-state index in [-0.39, 0.29) is 51.4 Å². The Hall–Kier alpha value is -2.86. The maximum Gasteiger partial charge on any atom is 0.336 e. The van der Waals surface area contributed by atoms with Crippen LogP contribution in [0.25, 0.3) is 11.0 Å². The van der Waals surface area contributed by atoms with Crippen molar-refractivity contribution in [1.82, 2.24) is 0 Å². The van der Waals surface area contributed by atoms with Gasteiger partial charge in [0.25, 0.3) is 0 Å². The Morgan fingerprint density at radius 3 is 2.33 bits per heavy atom. The number of phenolic OH excluding ortho intramolecular Hbond substituents is 2. The van der Waals surface area contributed by atoms with Crippen LogP contribution in [-0.4, -0.2) is 21.1 Å². The number of rotatable bonds is 10. The number of fused-ring (bicyclic) bond motifs is 1. The lowest BCUT2D eigenvalue weighted by molar-refractivity contribution is 0.0925. The first-order valence-corrected chi connectivity index (χ1v) is 11.6. The summed E-state index contributed by atoms with van der Waals surface area (Å²) >= 11 is 0. The molecule has 0 spiro atoms. The van der Waals surface area contributed by atoms with Gasteiger partial charge >= 0.3 is 5.63 Å². The van der Waals surface area contributed by atoms with Gasteiger partial charge in [0, 0.05) is 23.1 Å². The number of hydrogen-bond acceptors (Lipinski definition) is 6. The largest absolute Gasteiger partial charge is 0.507 e. The Kier molecular flexibility index (Phi) is 9.06. The third-order valence-electron chi connectivity index (χ3n) is 6.06. The molecule has 0 aliphatic heterocycles. The van der Waals surface area contributed by atoms with Crippen molar-refractivity contribution in [3.63, 3.8) is 0 Å². The van der Waals surface area contributed by atoms with Crippen molar-refractivity contribution in [2.75, 3.05) is 0 Å². The molecule has 1 heterocycles. The van der Waals surface area contributed by atoms with Gasteiger partial charge in [-0.3, -0.25) is 4.79 Å². The molecule has 6 heteroatoms. The number of hydrogen-bond donors (Lipinski definition) is 3. The van der Waals surface area contributed by atoms with Crippen LogP contribution < -0.4 is 5.63 Å². The number of carbonyl (C=O) groups excluding carboxylic acids is 1. The van der Waals surface area contributed by atoms with E-state index in [2.05, 4.69) is 6.08 Å². The van der Waals surface area contributed by atoms with Gasteiger partial charge in [-0.2, -0.15) is 0 Å². The molecule has 2 rings (SSSR count). The minimum absolute atomic E-state index is 0.0963. The second kappa shape index (κ2) is 11.3. The Labute approximate surface area is 195 Å². The number of ketones is 1. The Bertz CT molecular complexity index is 1130. The molecule has 6 nitrogen and oxygen atoms in total. The normalized spacial score (nSPS) is 13.7. The van der Waals surface area contributed by atoms with Gasteiger partial charge in [0.05, 0.1) is 11.5 Å². The van der Waals surface area contributed by atoms with E-state index < -0.39 is 17.6 Å². The van der Waals surface area contributed by atoms with Crippen molar-refractivity contribution in [2.24, 2.45) is 5.92 Å². The fourth-order valence-electron chi connectivity index (χ4n) is 3.76. The lowest BCUT2D eigenvalue weighted by Gasteiger charge is -2.19. The predicted molar refractivity (Wildman–Crippen MR) is 131 cm³/mol. The zero-order valence-electron chi connectivity index (χ0n) is 20.5. The quantitative estimate of drug-likeness (QED) is 0.226. The number of benzene rings is 1. The van der Waals surface area contributed by atoms with Gasteiger partial charge in [-0.1, -0.05) is 44.1 Å². The molecular formula is C27H36O6. The molecule has 0 radical (unpaired) electrons. The minimum Gasteiger partial charge on any atom is -0.507 e. The Morgan fingerprint density at radius 2 is 1.76 bits per heavy atom. The second-order valence-electron chi connectivity index (χ2n) is 8.95. The molecule has 0 fully saturated rings. The fourth-order valence-corrected chi connectivity index (χ4v) is 3.76. The van der Waals surface area contributed by atoms with Crippen molar-refractivity contribution in [3.8, 4) is 11.5 Å². The molecule has 2 atom stereocenters. The van der Waals surface area contributed by atoms with Gasteiger partial charge in [0.15, 0.2) is 11.4 Å². The lowest BCUT2D eigenvalue weighted by Crippen LogP contribution is -2.14. The highest BCUT2D eigenvalue weighted by Gasteiger charge is 2.30. The molecule has 0 saturated heterocycles. The maximum absolute atomic E-state index is 13.2. The summed E-state index contributed by atoms with van der Waals surface area (Å²) in [6.07, 6.45) is 5.75. The van der Waals surface area contributed by atoms with E-state index >= 15 is 0 Å². The first-order valence-electron chi connectivity index (χ1n) is 11.6. The molecular weight excluding hydrogens is 420 g/mol. The maximum atomic E-state index is 13.2. The minimum atomic E-state index is -1.03. The zero-order valence-corrected chi connectivity index (χ0v) is 20.5. The smallest absolute Gasteiger partial charge is 0.336 e. The van der Waals surface area contributed by atoms with Crippen LogP contribution in [0.1, 0.15) is 94.8 Å². The third-order valence-corrected chi connectivity index (χ3v) is 6.06. The monoisotopic (exact) mass is 456 g/mol. The van der Waals surface area contributed by atoms with E-state index in [0.717, 1.165) is 24.5 Å². The van der Waals surface area contributed by atoms with Crippen molar-refractivity contribution < 1.29 is 24.5 Å². The summed E-state index contributed by atoms with van der Waals surface area (Å²) in [5.74, 6) is -1.48. The van der Waals surface area contributed by atoms with Gasteiger partial charge in [0.1, 0.15) is 17.1 Å². The molecule has 3 N–H and O–H groups in total. The van der Waals surface area contributed by atoms with Crippen LogP contribution in [0.4, 0.5) is 0 Å². The zero-order chi connectivity index (χ0) is 24.9. The van der Waals surface area contributed by atoms with Crippen molar-refractivity contribution in [2.45, 2.75) is 79.8 Å². The molecule has 0 bridgehead atoms. The van der Waals surface area contributed by atoms with E-state index in [1.54, 1.807) is 13.8 Å². The second-order valence-corrected chi connectivity index (χ2v) is 8.95. The highest BCUT2D eigenvalue weighted by molar-refractivity contribution is 6.12. The molecule has 0 amide bonds. The molecule has 1 aromatic carbocycles. The summed E-state index contributed by atoms with van der Waals surface area (Å²) in [6, 6.07) is 1.13. The van der Waals surface area contributed by atoms with Crippen molar-refractivity contribution in [1.29, 1.82) is 0 Å². The summed E-state index contributed by atoms with van der Waals surface area (Å²) in [6.45, 7) is 11.4. The standard InChI is InChI=1S/C27H36O6/c1-7-17(6)24(30)23-26(32)18(13-12-16(5)11-9-10-15(3)4)25(31)22-19(20(28)8-2)14-21(29)33-27(22)23/h10,12,14,17,20,28,31-32H,7-9,11,13H2,1-6H3/b16-12+/t17-,20-/m1/s1. The Balaban J connectivity index is 2.77. The van der Waals surface area contributed by atoms with Crippen LogP contribution in [-0.2, 0) is 6.42 Å². The SMILES string of the molecule is CC[C@@H](C)C(=O)c1c(O)c(C/C=C(\C)CCC=C(C)C)c(O)c2c([C@H](O)CC)cc(=O)oc12. The highest BCUT2D eigenvalue weighted by atomic mass is 16.4.